The molecular formula is C18H20N4O2. The molecule has 0 spiro atoms. The minimum absolute atomic E-state index is 0.0752. The van der Waals surface area contributed by atoms with Gasteiger partial charge in [-0.05, 0) is 18.9 Å². The number of benzene rings is 1. The molecular weight excluding hydrogens is 304 g/mol. The highest BCUT2D eigenvalue weighted by atomic mass is 16.2. The molecule has 1 aromatic carbocycles. The van der Waals surface area contributed by atoms with E-state index in [1.165, 1.54) is 11.8 Å². The van der Waals surface area contributed by atoms with E-state index in [0.29, 0.717) is 19.5 Å². The van der Waals surface area contributed by atoms with Crippen LogP contribution in [-0.2, 0) is 11.2 Å². The van der Waals surface area contributed by atoms with Crippen molar-refractivity contribution < 1.29 is 9.59 Å². The van der Waals surface area contributed by atoms with Crippen LogP contribution < -0.4 is 5.32 Å². The average molecular weight is 324 g/mol. The molecule has 1 N–H and O–H groups in total. The minimum Gasteiger partial charge on any atom is -0.346 e. The molecule has 0 aliphatic carbocycles. The summed E-state index contributed by atoms with van der Waals surface area (Å²) in [5.41, 5.74) is 2.23. The Balaban J connectivity index is 1.52. The smallest absolute Gasteiger partial charge is 0.271 e. The molecule has 0 saturated carbocycles. The maximum atomic E-state index is 12.2. The number of aryl methyl sites for hydroxylation is 1. The molecule has 1 atom stereocenters. The van der Waals surface area contributed by atoms with Gasteiger partial charge in [-0.2, -0.15) is 0 Å². The molecule has 1 fully saturated rings. The fraction of sp³-hybridized carbons (Fsp3) is 0.333. The van der Waals surface area contributed by atoms with Crippen molar-refractivity contribution in [1.29, 1.82) is 0 Å². The lowest BCUT2D eigenvalue weighted by Gasteiger charge is -2.17. The van der Waals surface area contributed by atoms with Crippen LogP contribution in [0.2, 0.25) is 0 Å². The van der Waals surface area contributed by atoms with Crippen LogP contribution >= 0.6 is 0 Å². The third kappa shape index (κ3) is 3.95. The zero-order valence-corrected chi connectivity index (χ0v) is 13.6. The molecule has 1 aliphatic heterocycles. The van der Waals surface area contributed by atoms with E-state index in [4.69, 9.17) is 0 Å². The van der Waals surface area contributed by atoms with Gasteiger partial charge in [0, 0.05) is 25.7 Å². The first-order valence-corrected chi connectivity index (χ1v) is 8.03. The molecule has 0 unspecified atom stereocenters. The number of carbonyl (C=O) groups is 2. The largest absolute Gasteiger partial charge is 0.346 e. The normalized spacial score (nSPS) is 17.1. The van der Waals surface area contributed by atoms with E-state index in [1.807, 2.05) is 25.1 Å². The van der Waals surface area contributed by atoms with E-state index < -0.39 is 0 Å². The molecule has 3 rings (SSSR count). The van der Waals surface area contributed by atoms with Gasteiger partial charge in [-0.25, -0.2) is 4.98 Å². The maximum absolute atomic E-state index is 12.2. The molecule has 2 amide bonds. The van der Waals surface area contributed by atoms with Crippen LogP contribution in [0.3, 0.4) is 0 Å². The minimum atomic E-state index is -0.287. The summed E-state index contributed by atoms with van der Waals surface area (Å²) in [7, 11) is 0. The van der Waals surface area contributed by atoms with Gasteiger partial charge >= 0.3 is 0 Å². The number of nitrogens with zero attached hydrogens (tertiary/aromatic N) is 3. The van der Waals surface area contributed by atoms with E-state index in [9.17, 15) is 9.59 Å². The summed E-state index contributed by atoms with van der Waals surface area (Å²) in [4.78, 5) is 34.2. The number of hydrogen-bond donors (Lipinski definition) is 1. The summed E-state index contributed by atoms with van der Waals surface area (Å²) in [6.07, 6.45) is 4.16. The van der Waals surface area contributed by atoms with Crippen LogP contribution in [-0.4, -0.2) is 45.8 Å². The number of aromatic nitrogens is 2. The Morgan fingerprint density at radius 1 is 1.25 bits per heavy atom. The Bertz CT molecular complexity index is 716. The summed E-state index contributed by atoms with van der Waals surface area (Å²) in [6.45, 7) is 3.02. The monoisotopic (exact) mass is 324 g/mol. The number of nitrogens with one attached hydrogen (secondary N) is 1. The summed E-state index contributed by atoms with van der Waals surface area (Å²) < 4.78 is 0. The number of carbonyl (C=O) groups excluding carboxylic acids is 2. The molecule has 24 heavy (non-hydrogen) atoms. The Morgan fingerprint density at radius 3 is 2.75 bits per heavy atom. The fourth-order valence-electron chi connectivity index (χ4n) is 2.76. The predicted octanol–water partition coefficient (Wildman–Crippen LogP) is 1.36. The Hall–Kier alpha value is -2.76. The highest BCUT2D eigenvalue weighted by Gasteiger charge is 2.30. The highest BCUT2D eigenvalue weighted by Crippen LogP contribution is 2.13. The summed E-state index contributed by atoms with van der Waals surface area (Å²) in [6, 6.07) is 9.89. The van der Waals surface area contributed by atoms with Gasteiger partial charge in [-0.15, -0.1) is 0 Å². The van der Waals surface area contributed by atoms with Crippen molar-refractivity contribution in [3.8, 4) is 0 Å². The number of amides is 2. The SMILES string of the molecule is Cc1cnc(C(=O)N[C@H]2CC(=O)N(CCc3ccccc3)C2)cn1. The van der Waals surface area contributed by atoms with E-state index in [1.54, 1.807) is 11.1 Å². The first kappa shape index (κ1) is 16.1. The van der Waals surface area contributed by atoms with Crippen molar-refractivity contribution >= 4 is 11.8 Å². The topological polar surface area (TPSA) is 75.2 Å². The molecule has 1 aliphatic rings. The Morgan fingerprint density at radius 2 is 2.04 bits per heavy atom. The predicted molar refractivity (Wildman–Crippen MR) is 89.4 cm³/mol. The molecule has 6 nitrogen and oxygen atoms in total. The molecule has 1 aromatic heterocycles. The van der Waals surface area contributed by atoms with E-state index in [-0.39, 0.29) is 23.6 Å². The molecule has 0 bridgehead atoms. The van der Waals surface area contributed by atoms with Crippen molar-refractivity contribution in [1.82, 2.24) is 20.2 Å². The van der Waals surface area contributed by atoms with E-state index in [0.717, 1.165) is 12.1 Å². The second-order valence-electron chi connectivity index (χ2n) is 5.99. The molecule has 1 saturated heterocycles. The molecule has 6 heteroatoms. The van der Waals surface area contributed by atoms with Gasteiger partial charge in [0.1, 0.15) is 5.69 Å². The van der Waals surface area contributed by atoms with Gasteiger partial charge in [0.25, 0.3) is 5.91 Å². The molecule has 2 aromatic rings. The Kier molecular flexibility index (Phi) is 4.84. The highest BCUT2D eigenvalue weighted by molar-refractivity contribution is 5.93. The van der Waals surface area contributed by atoms with Crippen molar-refractivity contribution in [2.24, 2.45) is 0 Å². The van der Waals surface area contributed by atoms with Gasteiger partial charge in [0.2, 0.25) is 5.91 Å². The van der Waals surface area contributed by atoms with Gasteiger partial charge in [0.05, 0.1) is 17.9 Å². The summed E-state index contributed by atoms with van der Waals surface area (Å²) in [5.74, 6) is -0.212. The van der Waals surface area contributed by atoms with Crippen LogP contribution in [0.5, 0.6) is 0 Å². The van der Waals surface area contributed by atoms with Crippen molar-refractivity contribution in [2.75, 3.05) is 13.1 Å². The summed E-state index contributed by atoms with van der Waals surface area (Å²) in [5, 5.41) is 2.87. The maximum Gasteiger partial charge on any atom is 0.271 e. The van der Waals surface area contributed by atoms with Crippen LogP contribution in [0.4, 0.5) is 0 Å². The Labute approximate surface area is 140 Å². The first-order chi connectivity index (χ1) is 11.6. The van der Waals surface area contributed by atoms with Crippen molar-refractivity contribution in [2.45, 2.75) is 25.8 Å². The average Bonchev–Trinajstić information content (AvgIpc) is 2.94. The standard InChI is InChI=1S/C18H20N4O2/c1-13-10-20-16(11-19-13)18(24)21-15-9-17(23)22(12-15)8-7-14-5-3-2-4-6-14/h2-6,10-11,15H,7-9,12H2,1H3,(H,21,24)/t15-/m0/s1. The quantitative estimate of drug-likeness (QED) is 0.901. The van der Waals surface area contributed by atoms with Crippen LogP contribution in [0.1, 0.15) is 28.2 Å². The molecule has 2 heterocycles. The number of likely N-dealkylation sites (tertiary alicyclic amines) is 1. The lowest BCUT2D eigenvalue weighted by molar-refractivity contribution is -0.127. The second-order valence-corrected chi connectivity index (χ2v) is 5.99. The van der Waals surface area contributed by atoms with Gasteiger partial charge in [0.15, 0.2) is 0 Å². The lowest BCUT2D eigenvalue weighted by Crippen LogP contribution is -2.38. The lowest BCUT2D eigenvalue weighted by atomic mass is 10.1. The second kappa shape index (κ2) is 7.21. The number of hydrogen-bond acceptors (Lipinski definition) is 4. The van der Waals surface area contributed by atoms with Crippen molar-refractivity contribution in [3.05, 3.63) is 59.7 Å². The van der Waals surface area contributed by atoms with Crippen LogP contribution in [0.15, 0.2) is 42.7 Å². The zero-order chi connectivity index (χ0) is 16.9. The van der Waals surface area contributed by atoms with E-state index >= 15 is 0 Å². The summed E-state index contributed by atoms with van der Waals surface area (Å²) >= 11 is 0. The van der Waals surface area contributed by atoms with Crippen LogP contribution in [0.25, 0.3) is 0 Å². The first-order valence-electron chi connectivity index (χ1n) is 8.03. The third-order valence-electron chi connectivity index (χ3n) is 4.08. The zero-order valence-electron chi connectivity index (χ0n) is 13.6. The number of rotatable bonds is 5. The van der Waals surface area contributed by atoms with Gasteiger partial charge in [-0.3, -0.25) is 14.6 Å². The molecule has 124 valence electrons. The van der Waals surface area contributed by atoms with Gasteiger partial charge in [-0.1, -0.05) is 30.3 Å². The van der Waals surface area contributed by atoms with Crippen LogP contribution in [0, 0.1) is 6.92 Å². The van der Waals surface area contributed by atoms with Gasteiger partial charge < -0.3 is 10.2 Å². The third-order valence-corrected chi connectivity index (χ3v) is 4.08. The van der Waals surface area contributed by atoms with E-state index in [2.05, 4.69) is 27.4 Å². The van der Waals surface area contributed by atoms with Crippen molar-refractivity contribution in [3.63, 3.8) is 0 Å². The molecule has 0 radical (unpaired) electrons. The fourth-order valence-corrected chi connectivity index (χ4v) is 2.76.